The van der Waals surface area contributed by atoms with Gasteiger partial charge in [0.05, 0.1) is 12.8 Å². The maximum atomic E-state index is 5.63. The molecule has 1 atom stereocenters. The van der Waals surface area contributed by atoms with Crippen molar-refractivity contribution in [1.29, 1.82) is 0 Å². The molecule has 20 heavy (non-hydrogen) atoms. The normalized spacial score (nSPS) is 16.3. The lowest BCUT2D eigenvalue weighted by Crippen LogP contribution is -2.15. The van der Waals surface area contributed by atoms with Crippen LogP contribution in [0.25, 0.3) is 11.1 Å². The Hall–Kier alpha value is -1.54. The molecule has 2 heteroatoms. The van der Waals surface area contributed by atoms with E-state index in [1.807, 2.05) is 0 Å². The van der Waals surface area contributed by atoms with Crippen molar-refractivity contribution in [3.05, 3.63) is 47.9 Å². The molecule has 1 saturated carbocycles. The molecule has 1 heterocycles. The van der Waals surface area contributed by atoms with E-state index in [1.54, 1.807) is 6.26 Å². The molecule has 1 aromatic heterocycles. The first-order valence-corrected chi connectivity index (χ1v) is 7.68. The van der Waals surface area contributed by atoms with Crippen molar-refractivity contribution in [2.24, 2.45) is 0 Å². The highest BCUT2D eigenvalue weighted by atomic mass is 16.3. The summed E-state index contributed by atoms with van der Waals surface area (Å²) in [6, 6.07) is 11.7. The standard InChI is InChI=1S/C18H23NO/c1-3-13(2)14-4-6-15(7-5-14)17-10-11-20-18(17)12-19-16-8-9-16/h4-7,10-11,13,16,19H,3,8-9,12H2,1-2H3. The molecule has 1 aromatic carbocycles. The number of hydrogen-bond donors (Lipinski definition) is 1. The van der Waals surface area contributed by atoms with E-state index in [9.17, 15) is 0 Å². The molecule has 2 nitrogen and oxygen atoms in total. The van der Waals surface area contributed by atoms with Crippen LogP contribution in [0, 0.1) is 0 Å². The van der Waals surface area contributed by atoms with Crippen LogP contribution in [0.5, 0.6) is 0 Å². The van der Waals surface area contributed by atoms with E-state index in [4.69, 9.17) is 4.42 Å². The molecule has 2 aromatic rings. The molecule has 1 fully saturated rings. The largest absolute Gasteiger partial charge is 0.467 e. The van der Waals surface area contributed by atoms with Gasteiger partial charge in [-0.3, -0.25) is 0 Å². The topological polar surface area (TPSA) is 25.2 Å². The van der Waals surface area contributed by atoms with Crippen LogP contribution in [0.1, 0.15) is 50.4 Å². The molecular formula is C18H23NO. The van der Waals surface area contributed by atoms with Crippen molar-refractivity contribution in [3.63, 3.8) is 0 Å². The summed E-state index contributed by atoms with van der Waals surface area (Å²) in [4.78, 5) is 0. The Morgan fingerprint density at radius 2 is 1.95 bits per heavy atom. The van der Waals surface area contributed by atoms with Gasteiger partial charge in [0.1, 0.15) is 5.76 Å². The molecular weight excluding hydrogens is 246 g/mol. The average Bonchev–Trinajstić information content (AvgIpc) is 3.21. The van der Waals surface area contributed by atoms with Crippen LogP contribution < -0.4 is 5.32 Å². The molecule has 0 saturated heterocycles. The van der Waals surface area contributed by atoms with E-state index in [0.717, 1.165) is 12.3 Å². The quantitative estimate of drug-likeness (QED) is 0.821. The zero-order valence-corrected chi connectivity index (χ0v) is 12.4. The fraction of sp³-hybridized carbons (Fsp3) is 0.444. The summed E-state index contributed by atoms with van der Waals surface area (Å²) < 4.78 is 5.63. The Morgan fingerprint density at radius 1 is 1.20 bits per heavy atom. The number of benzene rings is 1. The number of hydrogen-bond acceptors (Lipinski definition) is 2. The molecule has 3 rings (SSSR count). The van der Waals surface area contributed by atoms with Gasteiger partial charge in [0.2, 0.25) is 0 Å². The molecule has 1 aliphatic rings. The minimum Gasteiger partial charge on any atom is -0.467 e. The van der Waals surface area contributed by atoms with E-state index in [-0.39, 0.29) is 0 Å². The van der Waals surface area contributed by atoms with Crippen LogP contribution in [-0.2, 0) is 6.54 Å². The highest BCUT2D eigenvalue weighted by Gasteiger charge is 2.21. The van der Waals surface area contributed by atoms with Crippen LogP contribution >= 0.6 is 0 Å². The average molecular weight is 269 g/mol. The highest BCUT2D eigenvalue weighted by molar-refractivity contribution is 5.65. The van der Waals surface area contributed by atoms with Crippen molar-refractivity contribution in [3.8, 4) is 11.1 Å². The van der Waals surface area contributed by atoms with E-state index >= 15 is 0 Å². The first-order valence-electron chi connectivity index (χ1n) is 7.68. The van der Waals surface area contributed by atoms with Crippen LogP contribution in [0.15, 0.2) is 41.0 Å². The van der Waals surface area contributed by atoms with Crippen LogP contribution in [0.3, 0.4) is 0 Å². The fourth-order valence-corrected chi connectivity index (χ4v) is 2.49. The Balaban J connectivity index is 1.76. The number of furan rings is 1. The van der Waals surface area contributed by atoms with Gasteiger partial charge in [-0.25, -0.2) is 0 Å². The minimum atomic E-state index is 0.629. The predicted octanol–water partition coefficient (Wildman–Crippen LogP) is 4.71. The summed E-state index contributed by atoms with van der Waals surface area (Å²) in [6.07, 6.45) is 5.59. The van der Waals surface area contributed by atoms with Gasteiger partial charge in [-0.2, -0.15) is 0 Å². The van der Waals surface area contributed by atoms with Crippen molar-refractivity contribution in [2.45, 2.75) is 51.6 Å². The predicted molar refractivity (Wildman–Crippen MR) is 82.7 cm³/mol. The van der Waals surface area contributed by atoms with E-state index in [0.29, 0.717) is 12.0 Å². The Morgan fingerprint density at radius 3 is 2.60 bits per heavy atom. The summed E-state index contributed by atoms with van der Waals surface area (Å²) in [5.41, 5.74) is 3.88. The first kappa shape index (κ1) is 13.4. The summed E-state index contributed by atoms with van der Waals surface area (Å²) in [5.74, 6) is 1.68. The summed E-state index contributed by atoms with van der Waals surface area (Å²) >= 11 is 0. The number of rotatable bonds is 6. The molecule has 1 unspecified atom stereocenters. The van der Waals surface area contributed by atoms with E-state index in [1.165, 1.54) is 36.0 Å². The van der Waals surface area contributed by atoms with E-state index < -0.39 is 0 Å². The lowest BCUT2D eigenvalue weighted by atomic mass is 9.96. The maximum absolute atomic E-state index is 5.63. The zero-order chi connectivity index (χ0) is 13.9. The summed E-state index contributed by atoms with van der Waals surface area (Å²) in [5, 5.41) is 3.51. The van der Waals surface area contributed by atoms with Crippen molar-refractivity contribution < 1.29 is 4.42 Å². The summed E-state index contributed by atoms with van der Waals surface area (Å²) in [6.45, 7) is 5.34. The van der Waals surface area contributed by atoms with Crippen molar-refractivity contribution >= 4 is 0 Å². The number of nitrogens with one attached hydrogen (secondary N) is 1. The van der Waals surface area contributed by atoms with Gasteiger partial charge in [0.25, 0.3) is 0 Å². The molecule has 0 aliphatic heterocycles. The van der Waals surface area contributed by atoms with Gasteiger partial charge in [-0.05, 0) is 42.4 Å². The van der Waals surface area contributed by atoms with Gasteiger partial charge in [-0.1, -0.05) is 38.1 Å². The van der Waals surface area contributed by atoms with Crippen LogP contribution in [0.2, 0.25) is 0 Å². The second-order valence-electron chi connectivity index (χ2n) is 5.84. The Labute approximate surface area is 121 Å². The van der Waals surface area contributed by atoms with Crippen LogP contribution in [0.4, 0.5) is 0 Å². The van der Waals surface area contributed by atoms with Gasteiger partial charge < -0.3 is 9.73 Å². The molecule has 1 aliphatic carbocycles. The third-order valence-electron chi connectivity index (χ3n) is 4.28. The second-order valence-corrected chi connectivity index (χ2v) is 5.84. The second kappa shape index (κ2) is 5.84. The summed E-state index contributed by atoms with van der Waals surface area (Å²) in [7, 11) is 0. The van der Waals surface area contributed by atoms with Gasteiger partial charge >= 0.3 is 0 Å². The van der Waals surface area contributed by atoms with Crippen LogP contribution in [-0.4, -0.2) is 6.04 Å². The fourth-order valence-electron chi connectivity index (χ4n) is 2.49. The smallest absolute Gasteiger partial charge is 0.125 e. The highest BCUT2D eigenvalue weighted by Crippen LogP contribution is 2.28. The van der Waals surface area contributed by atoms with Gasteiger partial charge in [0, 0.05) is 11.6 Å². The van der Waals surface area contributed by atoms with Crippen molar-refractivity contribution in [1.82, 2.24) is 5.32 Å². The SMILES string of the molecule is CCC(C)c1ccc(-c2ccoc2CNC2CC2)cc1. The minimum absolute atomic E-state index is 0.629. The Bertz CT molecular complexity index is 551. The molecule has 1 N–H and O–H groups in total. The monoisotopic (exact) mass is 269 g/mol. The zero-order valence-electron chi connectivity index (χ0n) is 12.4. The molecule has 0 radical (unpaired) electrons. The molecule has 0 amide bonds. The lowest BCUT2D eigenvalue weighted by Gasteiger charge is -2.10. The third kappa shape index (κ3) is 2.96. The van der Waals surface area contributed by atoms with Crippen molar-refractivity contribution in [2.75, 3.05) is 0 Å². The Kier molecular flexibility index (Phi) is 3.93. The first-order chi connectivity index (χ1) is 9.78. The maximum Gasteiger partial charge on any atom is 0.125 e. The molecule has 0 bridgehead atoms. The lowest BCUT2D eigenvalue weighted by molar-refractivity contribution is 0.483. The van der Waals surface area contributed by atoms with Gasteiger partial charge in [0.15, 0.2) is 0 Å². The van der Waals surface area contributed by atoms with Gasteiger partial charge in [-0.15, -0.1) is 0 Å². The molecule has 106 valence electrons. The third-order valence-corrected chi connectivity index (χ3v) is 4.28. The molecule has 0 spiro atoms. The van der Waals surface area contributed by atoms with E-state index in [2.05, 4.69) is 49.5 Å².